The van der Waals surface area contributed by atoms with Crippen LogP contribution in [-0.4, -0.2) is 26.5 Å². The summed E-state index contributed by atoms with van der Waals surface area (Å²) in [5, 5.41) is 4.22. The van der Waals surface area contributed by atoms with Gasteiger partial charge in [0.1, 0.15) is 19.0 Å². The first-order chi connectivity index (χ1) is 10.4. The molecule has 0 bridgehead atoms. The molecule has 5 heteroatoms. The Labute approximate surface area is 123 Å². The SMILES string of the molecule is COc1cc2c(cc1C=NNc1ccccc1)OCCO2. The highest BCUT2D eigenvalue weighted by Crippen LogP contribution is 2.35. The molecular formula is C16H16N2O3. The Morgan fingerprint density at radius 1 is 1.10 bits per heavy atom. The molecule has 0 saturated carbocycles. The van der Waals surface area contributed by atoms with Crippen molar-refractivity contribution in [1.82, 2.24) is 0 Å². The highest BCUT2D eigenvalue weighted by Gasteiger charge is 2.15. The second-order valence-corrected chi connectivity index (χ2v) is 4.47. The Bertz CT molecular complexity index is 641. The van der Waals surface area contributed by atoms with Crippen molar-refractivity contribution in [2.75, 3.05) is 25.7 Å². The fourth-order valence-electron chi connectivity index (χ4n) is 2.05. The van der Waals surface area contributed by atoms with Gasteiger partial charge in [0.15, 0.2) is 11.5 Å². The van der Waals surface area contributed by atoms with Crippen molar-refractivity contribution in [3.8, 4) is 17.2 Å². The molecule has 0 atom stereocenters. The third kappa shape index (κ3) is 3.08. The zero-order valence-corrected chi connectivity index (χ0v) is 11.7. The van der Waals surface area contributed by atoms with Crippen molar-refractivity contribution >= 4 is 11.9 Å². The second kappa shape index (κ2) is 6.17. The summed E-state index contributed by atoms with van der Waals surface area (Å²) >= 11 is 0. The molecule has 1 aliphatic heterocycles. The highest BCUT2D eigenvalue weighted by atomic mass is 16.6. The molecule has 1 aliphatic rings. The lowest BCUT2D eigenvalue weighted by Crippen LogP contribution is -2.15. The first kappa shape index (κ1) is 13.3. The lowest BCUT2D eigenvalue weighted by molar-refractivity contribution is 0.171. The summed E-state index contributed by atoms with van der Waals surface area (Å²) < 4.78 is 16.5. The number of hydrogen-bond acceptors (Lipinski definition) is 5. The number of nitrogens with zero attached hydrogens (tertiary/aromatic N) is 1. The normalized spacial score (nSPS) is 13.2. The average Bonchev–Trinajstić information content (AvgIpc) is 2.55. The molecule has 2 aromatic rings. The van der Waals surface area contributed by atoms with E-state index in [1.54, 1.807) is 13.3 Å². The Morgan fingerprint density at radius 2 is 1.81 bits per heavy atom. The number of hydrazone groups is 1. The van der Waals surface area contributed by atoms with Crippen LogP contribution in [0.2, 0.25) is 0 Å². The minimum Gasteiger partial charge on any atom is -0.496 e. The Hall–Kier alpha value is -2.69. The number of nitrogens with one attached hydrogen (secondary N) is 1. The number of fused-ring (bicyclic) bond motifs is 1. The van der Waals surface area contributed by atoms with Crippen LogP contribution in [0.5, 0.6) is 17.2 Å². The zero-order valence-electron chi connectivity index (χ0n) is 11.7. The minimum atomic E-state index is 0.554. The quantitative estimate of drug-likeness (QED) is 0.693. The van der Waals surface area contributed by atoms with Gasteiger partial charge in [0.2, 0.25) is 0 Å². The highest BCUT2D eigenvalue weighted by molar-refractivity contribution is 5.85. The summed E-state index contributed by atoms with van der Waals surface area (Å²) in [6.07, 6.45) is 1.70. The maximum atomic E-state index is 5.57. The van der Waals surface area contributed by atoms with Crippen LogP contribution in [0.4, 0.5) is 5.69 Å². The van der Waals surface area contributed by atoms with Gasteiger partial charge in [-0.1, -0.05) is 18.2 Å². The van der Waals surface area contributed by atoms with Gasteiger partial charge in [0.25, 0.3) is 0 Å². The standard InChI is InChI=1S/C16H16N2O3/c1-19-14-10-16-15(20-7-8-21-16)9-12(14)11-17-18-13-5-3-2-4-6-13/h2-6,9-11,18H,7-8H2,1H3. The number of ether oxygens (including phenoxy) is 3. The zero-order chi connectivity index (χ0) is 14.5. The van der Waals surface area contributed by atoms with Crippen LogP contribution in [-0.2, 0) is 0 Å². The van der Waals surface area contributed by atoms with Crippen molar-refractivity contribution in [1.29, 1.82) is 0 Å². The molecule has 0 aromatic heterocycles. The van der Waals surface area contributed by atoms with Gasteiger partial charge in [0, 0.05) is 11.6 Å². The first-order valence-electron chi connectivity index (χ1n) is 6.68. The molecule has 0 unspecified atom stereocenters. The monoisotopic (exact) mass is 284 g/mol. The Kier molecular flexibility index (Phi) is 3.91. The van der Waals surface area contributed by atoms with Crippen molar-refractivity contribution in [2.45, 2.75) is 0 Å². The van der Waals surface area contributed by atoms with Gasteiger partial charge < -0.3 is 14.2 Å². The Morgan fingerprint density at radius 3 is 2.52 bits per heavy atom. The van der Waals surface area contributed by atoms with Crippen LogP contribution < -0.4 is 19.6 Å². The van der Waals surface area contributed by atoms with E-state index in [0.717, 1.165) is 11.3 Å². The van der Waals surface area contributed by atoms with E-state index in [1.807, 2.05) is 42.5 Å². The van der Waals surface area contributed by atoms with Crippen molar-refractivity contribution in [3.63, 3.8) is 0 Å². The number of anilines is 1. The first-order valence-corrected chi connectivity index (χ1v) is 6.68. The number of para-hydroxylation sites is 1. The topological polar surface area (TPSA) is 52.1 Å². The molecule has 1 N–H and O–H groups in total. The minimum absolute atomic E-state index is 0.554. The molecule has 0 aliphatic carbocycles. The van der Waals surface area contributed by atoms with Crippen LogP contribution in [0.25, 0.3) is 0 Å². The summed E-state index contributed by atoms with van der Waals surface area (Å²) in [6, 6.07) is 13.4. The summed E-state index contributed by atoms with van der Waals surface area (Å²) in [5.41, 5.74) is 4.71. The molecule has 108 valence electrons. The number of hydrogen-bond donors (Lipinski definition) is 1. The van der Waals surface area contributed by atoms with Gasteiger partial charge in [-0.05, 0) is 18.2 Å². The van der Waals surface area contributed by atoms with E-state index >= 15 is 0 Å². The van der Waals surface area contributed by atoms with E-state index in [0.29, 0.717) is 30.5 Å². The Balaban J connectivity index is 1.80. The summed E-state index contributed by atoms with van der Waals surface area (Å²) in [7, 11) is 1.62. The molecule has 0 spiro atoms. The molecular weight excluding hydrogens is 268 g/mol. The van der Waals surface area contributed by atoms with Gasteiger partial charge in [-0.2, -0.15) is 5.10 Å². The van der Waals surface area contributed by atoms with Crippen molar-refractivity contribution < 1.29 is 14.2 Å². The predicted octanol–water partition coefficient (Wildman–Crippen LogP) is 2.91. The number of methoxy groups -OCH3 is 1. The van der Waals surface area contributed by atoms with E-state index < -0.39 is 0 Å². The molecule has 0 saturated heterocycles. The van der Waals surface area contributed by atoms with Gasteiger partial charge in [-0.25, -0.2) is 0 Å². The molecule has 5 nitrogen and oxygen atoms in total. The van der Waals surface area contributed by atoms with Crippen LogP contribution in [0.15, 0.2) is 47.6 Å². The molecule has 2 aromatic carbocycles. The van der Waals surface area contributed by atoms with Crippen LogP contribution >= 0.6 is 0 Å². The molecule has 1 heterocycles. The third-order valence-electron chi connectivity index (χ3n) is 3.07. The second-order valence-electron chi connectivity index (χ2n) is 4.47. The third-order valence-corrected chi connectivity index (χ3v) is 3.07. The van der Waals surface area contributed by atoms with Crippen LogP contribution in [0, 0.1) is 0 Å². The van der Waals surface area contributed by atoms with Gasteiger partial charge in [-0.15, -0.1) is 0 Å². The molecule has 3 rings (SSSR count). The van der Waals surface area contributed by atoms with Crippen LogP contribution in [0.1, 0.15) is 5.56 Å². The van der Waals surface area contributed by atoms with Crippen molar-refractivity contribution in [2.24, 2.45) is 5.10 Å². The summed E-state index contributed by atoms with van der Waals surface area (Å²) in [5.74, 6) is 2.10. The van der Waals surface area contributed by atoms with Gasteiger partial charge in [0.05, 0.1) is 19.0 Å². The van der Waals surface area contributed by atoms with E-state index in [1.165, 1.54) is 0 Å². The van der Waals surface area contributed by atoms with E-state index in [2.05, 4.69) is 10.5 Å². The van der Waals surface area contributed by atoms with Crippen molar-refractivity contribution in [3.05, 3.63) is 48.0 Å². The maximum absolute atomic E-state index is 5.57. The molecule has 0 amide bonds. The van der Waals surface area contributed by atoms with E-state index in [4.69, 9.17) is 14.2 Å². The largest absolute Gasteiger partial charge is 0.496 e. The lowest BCUT2D eigenvalue weighted by atomic mass is 10.2. The lowest BCUT2D eigenvalue weighted by Gasteiger charge is -2.19. The van der Waals surface area contributed by atoms with E-state index in [9.17, 15) is 0 Å². The number of benzene rings is 2. The smallest absolute Gasteiger partial charge is 0.165 e. The fourth-order valence-corrected chi connectivity index (χ4v) is 2.05. The van der Waals surface area contributed by atoms with Crippen LogP contribution in [0.3, 0.4) is 0 Å². The van der Waals surface area contributed by atoms with E-state index in [-0.39, 0.29) is 0 Å². The molecule has 21 heavy (non-hydrogen) atoms. The number of rotatable bonds is 4. The average molecular weight is 284 g/mol. The van der Waals surface area contributed by atoms with Gasteiger partial charge in [-0.3, -0.25) is 5.43 Å². The summed E-state index contributed by atoms with van der Waals surface area (Å²) in [4.78, 5) is 0. The molecule has 0 fully saturated rings. The maximum Gasteiger partial charge on any atom is 0.165 e. The fraction of sp³-hybridized carbons (Fsp3) is 0.188. The predicted molar refractivity (Wildman–Crippen MR) is 81.6 cm³/mol. The summed E-state index contributed by atoms with van der Waals surface area (Å²) in [6.45, 7) is 1.11. The van der Waals surface area contributed by atoms with Gasteiger partial charge >= 0.3 is 0 Å². The molecule has 0 radical (unpaired) electrons.